The van der Waals surface area contributed by atoms with E-state index < -0.39 is 6.23 Å². The van der Waals surface area contributed by atoms with E-state index >= 15 is 0 Å². The molecule has 1 aliphatic rings. The van der Waals surface area contributed by atoms with E-state index in [0.29, 0.717) is 11.9 Å². The van der Waals surface area contributed by atoms with Gasteiger partial charge < -0.3 is 15.2 Å². The van der Waals surface area contributed by atoms with Crippen LogP contribution in [0.1, 0.15) is 30.1 Å². The van der Waals surface area contributed by atoms with Crippen molar-refractivity contribution in [2.75, 3.05) is 19.0 Å². The molecule has 0 spiro atoms. The summed E-state index contributed by atoms with van der Waals surface area (Å²) in [5, 5.41) is 13.1. The molecule has 0 aliphatic carbocycles. The van der Waals surface area contributed by atoms with E-state index in [1.54, 1.807) is 31.6 Å². The summed E-state index contributed by atoms with van der Waals surface area (Å²) >= 11 is 1.58. The van der Waals surface area contributed by atoms with Crippen molar-refractivity contribution >= 4 is 16.5 Å². The molecule has 0 bridgehead atoms. The van der Waals surface area contributed by atoms with E-state index in [4.69, 9.17) is 4.74 Å². The number of aliphatic hydroxyl groups is 1. The van der Waals surface area contributed by atoms with Crippen LogP contribution < -0.4 is 10.1 Å². The van der Waals surface area contributed by atoms with Crippen molar-refractivity contribution in [1.29, 1.82) is 0 Å². The van der Waals surface area contributed by atoms with Crippen LogP contribution in [0, 0.1) is 0 Å². The first-order valence-electron chi connectivity index (χ1n) is 8.07. The molecule has 1 unspecified atom stereocenters. The van der Waals surface area contributed by atoms with Crippen molar-refractivity contribution in [3.63, 3.8) is 0 Å². The van der Waals surface area contributed by atoms with E-state index in [-0.39, 0.29) is 0 Å². The van der Waals surface area contributed by atoms with Crippen molar-refractivity contribution in [1.82, 2.24) is 19.9 Å². The minimum Gasteiger partial charge on any atom is -0.480 e. The molecule has 2 atom stereocenters. The SMILES string of the molecule is COc1cnc2c(n1)CCN(Cc1cnc(NC(C)O)s1)[C@@H](C)C2. The number of hydrogen-bond acceptors (Lipinski definition) is 8. The molecule has 2 aromatic rings. The fraction of sp³-hybridized carbons (Fsp3) is 0.562. The largest absolute Gasteiger partial charge is 0.480 e. The van der Waals surface area contributed by atoms with E-state index in [1.165, 1.54) is 4.88 Å². The number of nitrogens with one attached hydrogen (secondary N) is 1. The highest BCUT2D eigenvalue weighted by Crippen LogP contribution is 2.24. The number of thiazole rings is 1. The van der Waals surface area contributed by atoms with Gasteiger partial charge in [-0.15, -0.1) is 11.3 Å². The van der Waals surface area contributed by atoms with Gasteiger partial charge in [0, 0.05) is 43.0 Å². The minimum absolute atomic E-state index is 0.379. The highest BCUT2D eigenvalue weighted by Gasteiger charge is 2.23. The monoisotopic (exact) mass is 349 g/mol. The molecule has 130 valence electrons. The van der Waals surface area contributed by atoms with Crippen LogP contribution in [0.4, 0.5) is 5.13 Å². The van der Waals surface area contributed by atoms with Gasteiger partial charge in [-0.1, -0.05) is 0 Å². The van der Waals surface area contributed by atoms with Crippen molar-refractivity contribution in [2.24, 2.45) is 0 Å². The first-order chi connectivity index (χ1) is 11.5. The fourth-order valence-corrected chi connectivity index (χ4v) is 3.76. The van der Waals surface area contributed by atoms with E-state index in [0.717, 1.165) is 42.5 Å². The number of fused-ring (bicyclic) bond motifs is 1. The van der Waals surface area contributed by atoms with Gasteiger partial charge in [-0.3, -0.25) is 9.88 Å². The van der Waals surface area contributed by atoms with Crippen molar-refractivity contribution in [3.8, 4) is 5.88 Å². The molecule has 8 heteroatoms. The van der Waals surface area contributed by atoms with Crippen LogP contribution in [0.3, 0.4) is 0 Å². The molecule has 0 radical (unpaired) electrons. The minimum atomic E-state index is -0.595. The molecular formula is C16H23N5O2S. The van der Waals surface area contributed by atoms with E-state index in [1.807, 2.05) is 6.20 Å². The maximum Gasteiger partial charge on any atom is 0.232 e. The zero-order chi connectivity index (χ0) is 17.1. The van der Waals surface area contributed by atoms with Gasteiger partial charge in [0.05, 0.1) is 24.7 Å². The van der Waals surface area contributed by atoms with Crippen molar-refractivity contribution in [3.05, 3.63) is 28.7 Å². The Kier molecular flexibility index (Phi) is 5.27. The molecule has 0 fully saturated rings. The zero-order valence-electron chi connectivity index (χ0n) is 14.2. The molecule has 3 rings (SSSR count). The standard InChI is InChI=1S/C16H23N5O2S/c1-10-6-14-13(20-15(23-3)8-17-14)4-5-21(10)9-12-7-18-16(24-12)19-11(2)22/h7-8,10-11,22H,4-6,9H2,1-3H3,(H,18,19)/t10-,11?/m0/s1. The summed E-state index contributed by atoms with van der Waals surface area (Å²) in [5.41, 5.74) is 2.09. The number of hydrogen-bond donors (Lipinski definition) is 2. The summed E-state index contributed by atoms with van der Waals surface area (Å²) in [6.07, 6.45) is 4.71. The summed E-state index contributed by atoms with van der Waals surface area (Å²) in [5.74, 6) is 0.575. The molecule has 24 heavy (non-hydrogen) atoms. The van der Waals surface area contributed by atoms with Gasteiger partial charge in [-0.25, -0.2) is 9.97 Å². The Morgan fingerprint density at radius 3 is 3.00 bits per heavy atom. The zero-order valence-corrected chi connectivity index (χ0v) is 15.0. The molecule has 3 heterocycles. The number of ether oxygens (including phenoxy) is 1. The lowest BCUT2D eigenvalue weighted by Crippen LogP contribution is -2.33. The quantitative estimate of drug-likeness (QED) is 0.795. The molecule has 0 aromatic carbocycles. The molecule has 1 aliphatic heterocycles. The molecular weight excluding hydrogens is 326 g/mol. The number of anilines is 1. The summed E-state index contributed by atoms with van der Waals surface area (Å²) in [7, 11) is 1.62. The highest BCUT2D eigenvalue weighted by atomic mass is 32.1. The molecule has 0 saturated heterocycles. The summed E-state index contributed by atoms with van der Waals surface area (Å²) in [6.45, 7) is 5.67. The molecule has 2 aromatic heterocycles. The van der Waals surface area contributed by atoms with Crippen LogP contribution >= 0.6 is 11.3 Å². The Bertz CT molecular complexity index is 691. The Labute approximate surface area is 145 Å². The Balaban J connectivity index is 1.68. The predicted molar refractivity (Wildman–Crippen MR) is 93.3 cm³/mol. The van der Waals surface area contributed by atoms with Crippen molar-refractivity contribution < 1.29 is 9.84 Å². The first kappa shape index (κ1) is 17.1. The second kappa shape index (κ2) is 7.42. The number of aromatic nitrogens is 3. The number of nitrogens with zero attached hydrogens (tertiary/aromatic N) is 4. The maximum absolute atomic E-state index is 9.38. The molecule has 2 N–H and O–H groups in total. The van der Waals surface area contributed by atoms with Gasteiger partial charge in [-0.2, -0.15) is 0 Å². The van der Waals surface area contributed by atoms with Crippen LogP contribution in [0.25, 0.3) is 0 Å². The molecule has 7 nitrogen and oxygen atoms in total. The second-order valence-corrected chi connectivity index (χ2v) is 7.15. The van der Waals surface area contributed by atoms with Crippen molar-refractivity contribution in [2.45, 2.75) is 45.5 Å². The van der Waals surface area contributed by atoms with E-state index in [9.17, 15) is 5.11 Å². The number of methoxy groups -OCH3 is 1. The summed E-state index contributed by atoms with van der Waals surface area (Å²) in [6, 6.07) is 0.379. The third-order valence-corrected chi connectivity index (χ3v) is 5.02. The molecule has 0 amide bonds. The van der Waals surface area contributed by atoms with Gasteiger partial charge in [0.15, 0.2) is 5.13 Å². The van der Waals surface area contributed by atoms with Gasteiger partial charge in [-0.05, 0) is 13.8 Å². The number of rotatable bonds is 5. The van der Waals surface area contributed by atoms with Gasteiger partial charge in [0.25, 0.3) is 0 Å². The van der Waals surface area contributed by atoms with Crippen LogP contribution in [0.5, 0.6) is 5.88 Å². The second-order valence-electron chi connectivity index (χ2n) is 6.03. The summed E-state index contributed by atoms with van der Waals surface area (Å²) in [4.78, 5) is 17.0. The topological polar surface area (TPSA) is 83.4 Å². The predicted octanol–water partition coefficient (Wildman–Crippen LogP) is 1.68. The lowest BCUT2D eigenvalue weighted by atomic mass is 10.1. The van der Waals surface area contributed by atoms with Crippen LogP contribution in [-0.4, -0.2) is 50.9 Å². The van der Waals surface area contributed by atoms with Gasteiger partial charge in [0.1, 0.15) is 6.23 Å². The van der Waals surface area contributed by atoms with Crippen LogP contribution in [0.2, 0.25) is 0 Å². The smallest absolute Gasteiger partial charge is 0.232 e. The molecule has 0 saturated carbocycles. The maximum atomic E-state index is 9.38. The van der Waals surface area contributed by atoms with Gasteiger partial charge >= 0.3 is 0 Å². The van der Waals surface area contributed by atoms with Crippen LogP contribution in [0.15, 0.2) is 12.4 Å². The first-order valence-corrected chi connectivity index (χ1v) is 8.89. The highest BCUT2D eigenvalue weighted by molar-refractivity contribution is 7.15. The average molecular weight is 349 g/mol. The van der Waals surface area contributed by atoms with Gasteiger partial charge in [0.2, 0.25) is 5.88 Å². The lowest BCUT2D eigenvalue weighted by molar-refractivity contribution is 0.208. The summed E-state index contributed by atoms with van der Waals surface area (Å²) < 4.78 is 5.18. The third-order valence-electron chi connectivity index (χ3n) is 4.11. The average Bonchev–Trinajstić information content (AvgIpc) is 2.91. The Hall–Kier alpha value is -1.77. The third kappa shape index (κ3) is 4.00. The lowest BCUT2D eigenvalue weighted by Gasteiger charge is -2.25. The number of aliphatic hydroxyl groups excluding tert-OH is 1. The van der Waals surface area contributed by atoms with Crippen LogP contribution in [-0.2, 0) is 19.4 Å². The van der Waals surface area contributed by atoms with E-state index in [2.05, 4.69) is 32.1 Å². The normalized spacial score (nSPS) is 19.4. The Morgan fingerprint density at radius 2 is 2.25 bits per heavy atom. The fourth-order valence-electron chi connectivity index (χ4n) is 2.84. The Morgan fingerprint density at radius 1 is 1.42 bits per heavy atom.